The van der Waals surface area contributed by atoms with E-state index in [1.54, 1.807) is 0 Å². The van der Waals surface area contributed by atoms with E-state index in [0.717, 1.165) is 0 Å². The molecule has 0 aromatic heterocycles. The van der Waals surface area contributed by atoms with Crippen LogP contribution < -0.4 is 0 Å². The lowest BCUT2D eigenvalue weighted by atomic mass is 10.1. The first-order valence-corrected chi connectivity index (χ1v) is 19.0. The molecule has 0 radical (unpaired) electrons. The van der Waals surface area contributed by atoms with Crippen molar-refractivity contribution in [2.45, 2.75) is 169 Å². The van der Waals surface area contributed by atoms with Gasteiger partial charge in [0.05, 0.1) is 0 Å². The van der Waals surface area contributed by atoms with Crippen molar-refractivity contribution in [2.24, 2.45) is 0 Å². The Hall–Kier alpha value is -4.38. The Kier molecular flexibility index (Phi) is 22.0. The quantitative estimate of drug-likeness (QED) is 0.0837. The molecule has 0 heterocycles. The van der Waals surface area contributed by atoms with E-state index in [0.29, 0.717) is 28.4 Å². The Morgan fingerprint density at radius 3 is 0.266 bits per heavy atom. The highest BCUT2D eigenvalue weighted by atomic mass is 19.5. The second-order valence-corrected chi connectivity index (χ2v) is 15.8. The molecule has 0 aliphatic heterocycles. The molecule has 66 heteroatoms. The minimum Gasteiger partial charge on any atom is -0.265 e. The molecule has 8 nitrogen and oxygen atoms in total. The van der Waals surface area contributed by atoms with Gasteiger partial charge in [0.25, 0.3) is 0 Å². The summed E-state index contributed by atoms with van der Waals surface area (Å²) in [5.41, 5.74) is 0. The van der Waals surface area contributed by atoms with Gasteiger partial charge in [-0.05, 0) is 0 Å². The van der Waals surface area contributed by atoms with Crippen LogP contribution in [0.3, 0.4) is 0 Å². The average molecular weight is 1570 g/mol. The maximum atomic E-state index is 15.3. The van der Waals surface area contributed by atoms with Gasteiger partial charge in [-0.2, -0.15) is 255 Å². The number of hydrogen-bond donors (Lipinski definition) is 0. The smallest absolute Gasteiger partial charge is 0.265 e. The van der Waals surface area contributed by atoms with Crippen molar-refractivity contribution in [3.8, 4) is 0 Å². The molecule has 0 aromatic rings. The molecule has 0 saturated heterocycles. The first kappa shape index (κ1) is 89.6. The van der Waals surface area contributed by atoms with Crippen LogP contribution in [0.4, 0.5) is 255 Å². The summed E-state index contributed by atoms with van der Waals surface area (Å²) in [6, 6.07) is 0. The fraction of sp³-hybridized carbons (Fsp3) is 1.00. The second-order valence-electron chi connectivity index (χ2n) is 15.8. The van der Waals surface area contributed by atoms with Crippen molar-refractivity contribution in [1.29, 1.82) is 0 Å². The fourth-order valence-corrected chi connectivity index (χ4v) is 4.57. The highest BCUT2D eigenvalue weighted by molar-refractivity contribution is 5.06. The summed E-state index contributed by atoms with van der Waals surface area (Å²) in [6.07, 6.45) is -174. The van der Waals surface area contributed by atoms with Gasteiger partial charge < -0.3 is 0 Å². The number of rotatable bonds is 25. The zero-order chi connectivity index (χ0) is 77.7. The first-order chi connectivity index (χ1) is 39.4. The lowest BCUT2D eigenvalue weighted by Crippen LogP contribution is -2.76. The van der Waals surface area contributed by atoms with Crippen LogP contribution in [0.25, 0.3) is 0 Å². The minimum atomic E-state index is -10.8. The third-order valence-electron chi connectivity index (χ3n) is 9.17. The van der Waals surface area contributed by atoms with E-state index < -0.39 is 169 Å². The van der Waals surface area contributed by atoms with Gasteiger partial charge in [0.15, 0.2) is 0 Å². The predicted octanol–water partition coefficient (Wildman–Crippen LogP) is 18.1. The maximum absolute atomic E-state index is 15.3. The summed E-state index contributed by atoms with van der Waals surface area (Å²) in [7, 11) is 0. The van der Waals surface area contributed by atoms with Crippen LogP contribution in [0.15, 0.2) is 0 Å². The SMILES string of the molecule is FC(F)(F)C(F)(F)C(F)(F)OC(F)(C(F)(F)F)C(F)(F)OC(F)(C(F)(F)F)C(F)(F)OC(F)(C(F)(F)F)C(F)(F)OC(F)(C(F)(F)F)C(F)(OC(F)(F)C(F)(OC(F)(F)C(F)(OC(F)(F)C(F)(OC(F)(F)C(F)(F)C(F)(F)F)C(F)(F)F)C(F)(F)F)C(F)(F)F)C(F)(F)F. The third-order valence-corrected chi connectivity index (χ3v) is 9.17. The Morgan fingerprint density at radius 2 is 0.181 bits per heavy atom. The van der Waals surface area contributed by atoms with Crippen LogP contribution in [0.5, 0.6) is 0 Å². The highest BCUT2D eigenvalue weighted by Crippen LogP contribution is 2.67. The lowest BCUT2D eigenvalue weighted by Gasteiger charge is -2.47. The molecular weight excluding hydrogens is 1570 g/mol. The molecule has 8 unspecified atom stereocenters. The highest BCUT2D eigenvalue weighted by Gasteiger charge is 2.96. The minimum absolute atomic E-state index is 0.258. The monoisotopic (exact) mass is 1570 g/mol. The summed E-state index contributed by atoms with van der Waals surface area (Å²) in [4.78, 5) is 0. The molecule has 566 valence electrons. The Balaban J connectivity index is 8.95. The van der Waals surface area contributed by atoms with Gasteiger partial charge >= 0.3 is 169 Å². The van der Waals surface area contributed by atoms with E-state index in [9.17, 15) is 237 Å². The summed E-state index contributed by atoms with van der Waals surface area (Å²) in [5, 5.41) is 0. The van der Waals surface area contributed by atoms with Crippen molar-refractivity contribution in [2.75, 3.05) is 0 Å². The molecular formula is C28F58O8. The molecule has 94 heavy (non-hydrogen) atoms. The van der Waals surface area contributed by atoms with Gasteiger partial charge in [0, 0.05) is 0 Å². The van der Waals surface area contributed by atoms with Crippen LogP contribution >= 0.6 is 0 Å². The molecule has 0 aromatic carbocycles. The van der Waals surface area contributed by atoms with E-state index in [4.69, 9.17) is 0 Å². The van der Waals surface area contributed by atoms with Gasteiger partial charge in [0.1, 0.15) is 0 Å². The molecule has 0 fully saturated rings. The second kappa shape index (κ2) is 23.1. The van der Waals surface area contributed by atoms with E-state index in [2.05, 4.69) is 0 Å². The molecule has 0 saturated carbocycles. The molecule has 0 spiro atoms. The van der Waals surface area contributed by atoms with Gasteiger partial charge in [0.2, 0.25) is 0 Å². The summed E-state index contributed by atoms with van der Waals surface area (Å²) in [6.45, 7) is 0. The van der Waals surface area contributed by atoms with E-state index in [1.165, 1.54) is 0 Å². The van der Waals surface area contributed by atoms with E-state index >= 15 is 17.6 Å². The predicted molar refractivity (Wildman–Crippen MR) is 149 cm³/mol. The Morgan fingerprint density at radius 1 is 0.0957 bits per heavy atom. The third kappa shape index (κ3) is 14.3. The largest absolute Gasteiger partial charge is 0.462 e. The zero-order valence-corrected chi connectivity index (χ0v) is 39.2. The van der Waals surface area contributed by atoms with Crippen molar-refractivity contribution >= 4 is 0 Å². The fourth-order valence-electron chi connectivity index (χ4n) is 4.57. The zero-order valence-electron chi connectivity index (χ0n) is 39.2. The first-order valence-electron chi connectivity index (χ1n) is 19.0. The summed E-state index contributed by atoms with van der Waals surface area (Å²) >= 11 is 0. The Bertz CT molecular complexity index is 2430. The van der Waals surface area contributed by atoms with Crippen LogP contribution in [0, 0.1) is 0 Å². The molecule has 0 rings (SSSR count). The van der Waals surface area contributed by atoms with Gasteiger partial charge in [-0.3, -0.25) is 37.9 Å². The number of hydrogen-bond acceptors (Lipinski definition) is 8. The molecule has 0 aliphatic rings. The van der Waals surface area contributed by atoms with Crippen LogP contribution in [0.2, 0.25) is 0 Å². The number of halogens is 58. The van der Waals surface area contributed by atoms with Crippen molar-refractivity contribution in [3.05, 3.63) is 0 Å². The number of alkyl halides is 58. The Labute approximate surface area is 463 Å². The number of ether oxygens (including phenoxy) is 8. The summed E-state index contributed by atoms with van der Waals surface area (Å²) in [5.74, 6) is -99.8. The topological polar surface area (TPSA) is 73.8 Å². The van der Waals surface area contributed by atoms with Crippen molar-refractivity contribution in [3.63, 3.8) is 0 Å². The van der Waals surface area contributed by atoms with Gasteiger partial charge in [-0.1, -0.05) is 0 Å². The van der Waals surface area contributed by atoms with Crippen molar-refractivity contribution in [1.82, 2.24) is 0 Å². The van der Waals surface area contributed by atoms with Crippen LogP contribution in [0.1, 0.15) is 0 Å². The van der Waals surface area contributed by atoms with E-state index in [1.807, 2.05) is 0 Å². The maximum Gasteiger partial charge on any atom is 0.462 e. The summed E-state index contributed by atoms with van der Waals surface area (Å²) < 4.78 is 801. The standard InChI is InChI=1S/C28F58O8/c29-1(30,11(41,42)43)21(71,72)89-5(35,15(53,54)55)25(79,80)93-9(39,19(65,66)67)27(83,84)91-7(37,17(59,60)61)23(75,76)87-3(33,13(47,48)49)4(34,14(50,51)52)88-24(77,78)8(38,18(62,63)64)92-28(85,86)10(40,20(68,69)70)94-26(81,82)6(36,16(56,57)58)90-22(73,74)2(31,32)12(44,45)46. The molecule has 0 bridgehead atoms. The van der Waals surface area contributed by atoms with Crippen LogP contribution in [-0.4, -0.2) is 169 Å². The van der Waals surface area contributed by atoms with Gasteiger partial charge in [-0.15, -0.1) is 0 Å². The molecule has 0 aliphatic carbocycles. The van der Waals surface area contributed by atoms with Crippen molar-refractivity contribution < 1.29 is 293 Å². The van der Waals surface area contributed by atoms with E-state index in [-0.39, 0.29) is 9.47 Å². The molecule has 0 amide bonds. The lowest BCUT2D eigenvalue weighted by molar-refractivity contribution is -0.612. The molecule has 8 atom stereocenters. The van der Waals surface area contributed by atoms with Crippen LogP contribution in [-0.2, 0) is 37.9 Å². The molecule has 0 N–H and O–H groups in total. The van der Waals surface area contributed by atoms with Gasteiger partial charge in [-0.25, -0.2) is 0 Å². The normalized spacial score (nSPS) is 21.3. The average Bonchev–Trinajstić information content (AvgIpc) is 0.708.